The van der Waals surface area contributed by atoms with Gasteiger partial charge in [0.1, 0.15) is 5.76 Å². The van der Waals surface area contributed by atoms with E-state index in [9.17, 15) is 13.2 Å². The minimum absolute atomic E-state index is 0.0611. The van der Waals surface area contributed by atoms with Gasteiger partial charge in [-0.3, -0.25) is 4.79 Å². The molecule has 0 spiro atoms. The molecule has 1 aromatic carbocycles. The zero-order valence-corrected chi connectivity index (χ0v) is 16.4. The molecule has 0 aliphatic carbocycles. The second-order valence-electron chi connectivity index (χ2n) is 6.85. The molecular weight excluding hydrogens is 364 g/mol. The summed E-state index contributed by atoms with van der Waals surface area (Å²) >= 11 is 0. The van der Waals surface area contributed by atoms with Crippen molar-refractivity contribution in [3.05, 3.63) is 54.5 Å². The standard InChI is InChI=1S/C20H26N2O4S/c1-2-14-27(24,25)21-12-6-8-17(15-21)20(23)22(16-19-11-7-13-26-19)18-9-4-3-5-10-18/h3-5,7,9-11,13,17H,2,6,8,12,14-16H2,1H3. The topological polar surface area (TPSA) is 70.8 Å². The summed E-state index contributed by atoms with van der Waals surface area (Å²) in [6.45, 7) is 2.93. The van der Waals surface area contributed by atoms with Crippen LogP contribution in [0.2, 0.25) is 0 Å². The van der Waals surface area contributed by atoms with E-state index in [0.29, 0.717) is 38.1 Å². The molecule has 1 atom stereocenters. The van der Waals surface area contributed by atoms with Crippen molar-refractivity contribution >= 4 is 21.6 Å². The van der Waals surface area contributed by atoms with E-state index in [0.717, 1.165) is 5.69 Å². The Kier molecular flexibility index (Phi) is 6.34. The second-order valence-corrected chi connectivity index (χ2v) is 8.94. The van der Waals surface area contributed by atoms with Crippen LogP contribution >= 0.6 is 0 Å². The number of carbonyl (C=O) groups excluding carboxylic acids is 1. The lowest BCUT2D eigenvalue weighted by molar-refractivity contribution is -0.123. The number of amides is 1. The quantitative estimate of drug-likeness (QED) is 0.727. The van der Waals surface area contributed by atoms with E-state index in [1.165, 1.54) is 4.31 Å². The monoisotopic (exact) mass is 390 g/mol. The number of nitrogens with zero attached hydrogens (tertiary/aromatic N) is 2. The molecule has 1 aliphatic rings. The molecule has 3 rings (SSSR count). The number of hydrogen-bond donors (Lipinski definition) is 0. The number of benzene rings is 1. The van der Waals surface area contributed by atoms with Gasteiger partial charge in [0.25, 0.3) is 0 Å². The van der Waals surface area contributed by atoms with E-state index in [-0.39, 0.29) is 24.1 Å². The highest BCUT2D eigenvalue weighted by Gasteiger charge is 2.34. The summed E-state index contributed by atoms with van der Waals surface area (Å²) in [5.41, 5.74) is 0.785. The van der Waals surface area contributed by atoms with E-state index in [1.807, 2.05) is 43.3 Å². The third kappa shape index (κ3) is 4.78. The van der Waals surface area contributed by atoms with Crippen LogP contribution in [-0.4, -0.2) is 37.5 Å². The lowest BCUT2D eigenvalue weighted by Crippen LogP contribution is -2.47. The fourth-order valence-corrected chi connectivity index (χ4v) is 5.06. The molecule has 2 aromatic rings. The van der Waals surface area contributed by atoms with Crippen molar-refractivity contribution in [3.63, 3.8) is 0 Å². The number of hydrogen-bond acceptors (Lipinski definition) is 4. The number of para-hydroxylation sites is 1. The van der Waals surface area contributed by atoms with Crippen LogP contribution in [0.1, 0.15) is 31.9 Å². The van der Waals surface area contributed by atoms with Crippen molar-refractivity contribution in [2.45, 2.75) is 32.7 Å². The van der Waals surface area contributed by atoms with E-state index >= 15 is 0 Å². The molecule has 1 amide bonds. The number of carbonyl (C=O) groups is 1. The van der Waals surface area contributed by atoms with Crippen LogP contribution < -0.4 is 4.90 Å². The first-order valence-electron chi connectivity index (χ1n) is 9.38. The maximum absolute atomic E-state index is 13.3. The van der Waals surface area contributed by atoms with Crippen LogP contribution in [-0.2, 0) is 21.4 Å². The van der Waals surface area contributed by atoms with Gasteiger partial charge < -0.3 is 9.32 Å². The maximum Gasteiger partial charge on any atom is 0.231 e. The smallest absolute Gasteiger partial charge is 0.231 e. The number of furan rings is 1. The summed E-state index contributed by atoms with van der Waals surface area (Å²) < 4.78 is 31.8. The normalized spacial score (nSPS) is 18.3. The van der Waals surface area contributed by atoms with E-state index in [2.05, 4.69) is 0 Å². The molecule has 0 saturated carbocycles. The highest BCUT2D eigenvalue weighted by atomic mass is 32.2. The Labute approximate surface area is 160 Å². The minimum Gasteiger partial charge on any atom is -0.467 e. The van der Waals surface area contributed by atoms with Gasteiger partial charge in [-0.15, -0.1) is 0 Å². The van der Waals surface area contributed by atoms with E-state index in [4.69, 9.17) is 4.42 Å². The third-order valence-corrected chi connectivity index (χ3v) is 6.86. The summed E-state index contributed by atoms with van der Waals surface area (Å²) in [5, 5.41) is 0. The van der Waals surface area contributed by atoms with E-state index in [1.54, 1.807) is 17.2 Å². The highest BCUT2D eigenvalue weighted by Crippen LogP contribution is 2.26. The Hall–Kier alpha value is -2.12. The van der Waals surface area contributed by atoms with Crippen LogP contribution in [0.3, 0.4) is 0 Å². The van der Waals surface area contributed by atoms with Gasteiger partial charge in [-0.05, 0) is 43.5 Å². The lowest BCUT2D eigenvalue weighted by Gasteiger charge is -2.34. The predicted molar refractivity (Wildman–Crippen MR) is 105 cm³/mol. The van der Waals surface area contributed by atoms with Crippen LogP contribution in [0.4, 0.5) is 5.69 Å². The molecule has 1 aliphatic heterocycles. The van der Waals surface area contributed by atoms with Crippen molar-refractivity contribution < 1.29 is 17.6 Å². The Balaban J connectivity index is 1.81. The van der Waals surface area contributed by atoms with Gasteiger partial charge in [0.2, 0.25) is 15.9 Å². The summed E-state index contributed by atoms with van der Waals surface area (Å²) in [4.78, 5) is 15.0. The van der Waals surface area contributed by atoms with Gasteiger partial charge in [-0.25, -0.2) is 12.7 Å². The summed E-state index contributed by atoms with van der Waals surface area (Å²) in [6.07, 6.45) is 3.55. The van der Waals surface area contributed by atoms with Crippen LogP contribution in [0.5, 0.6) is 0 Å². The van der Waals surface area contributed by atoms with Crippen LogP contribution in [0.25, 0.3) is 0 Å². The first-order valence-corrected chi connectivity index (χ1v) is 11.0. The fourth-order valence-electron chi connectivity index (χ4n) is 3.47. The van der Waals surface area contributed by atoms with Crippen molar-refractivity contribution in [2.24, 2.45) is 5.92 Å². The molecule has 2 heterocycles. The highest BCUT2D eigenvalue weighted by molar-refractivity contribution is 7.89. The molecule has 0 radical (unpaired) electrons. The largest absolute Gasteiger partial charge is 0.467 e. The zero-order valence-electron chi connectivity index (χ0n) is 15.6. The molecule has 6 nitrogen and oxygen atoms in total. The Bertz CT molecular complexity index is 834. The molecule has 0 N–H and O–H groups in total. The molecule has 0 bridgehead atoms. The van der Waals surface area contributed by atoms with Crippen molar-refractivity contribution in [1.82, 2.24) is 4.31 Å². The second kappa shape index (κ2) is 8.71. The fraction of sp³-hybridized carbons (Fsp3) is 0.450. The Morgan fingerprint density at radius 3 is 2.67 bits per heavy atom. The van der Waals surface area contributed by atoms with Crippen LogP contribution in [0, 0.1) is 5.92 Å². The molecule has 1 fully saturated rings. The average molecular weight is 391 g/mol. The predicted octanol–water partition coefficient (Wildman–Crippen LogP) is 3.26. The lowest BCUT2D eigenvalue weighted by atomic mass is 9.97. The van der Waals surface area contributed by atoms with Crippen molar-refractivity contribution in [1.29, 1.82) is 0 Å². The molecule has 1 aromatic heterocycles. The van der Waals surface area contributed by atoms with Crippen molar-refractivity contribution in [2.75, 3.05) is 23.7 Å². The van der Waals surface area contributed by atoms with Crippen LogP contribution in [0.15, 0.2) is 53.1 Å². The summed E-state index contributed by atoms with van der Waals surface area (Å²) in [5.74, 6) is 0.413. The van der Waals surface area contributed by atoms with Gasteiger partial charge in [-0.2, -0.15) is 0 Å². The molecule has 7 heteroatoms. The first kappa shape index (κ1) is 19.6. The molecule has 1 saturated heterocycles. The number of anilines is 1. The van der Waals surface area contributed by atoms with E-state index < -0.39 is 10.0 Å². The molecular formula is C20H26N2O4S. The average Bonchev–Trinajstić information content (AvgIpc) is 3.20. The molecule has 146 valence electrons. The number of piperidine rings is 1. The first-order chi connectivity index (χ1) is 13.0. The molecule has 1 unspecified atom stereocenters. The third-order valence-electron chi connectivity index (χ3n) is 4.82. The van der Waals surface area contributed by atoms with Gasteiger partial charge in [0.15, 0.2) is 0 Å². The molecule has 27 heavy (non-hydrogen) atoms. The Morgan fingerprint density at radius 1 is 1.22 bits per heavy atom. The minimum atomic E-state index is -3.30. The van der Waals surface area contributed by atoms with Gasteiger partial charge >= 0.3 is 0 Å². The van der Waals surface area contributed by atoms with Gasteiger partial charge in [-0.1, -0.05) is 25.1 Å². The van der Waals surface area contributed by atoms with Gasteiger partial charge in [0.05, 0.1) is 24.5 Å². The summed E-state index contributed by atoms with van der Waals surface area (Å²) in [6, 6.07) is 13.1. The maximum atomic E-state index is 13.3. The SMILES string of the molecule is CCCS(=O)(=O)N1CCCC(C(=O)N(Cc2ccco2)c2ccccc2)C1. The Morgan fingerprint density at radius 2 is 2.00 bits per heavy atom. The number of sulfonamides is 1. The zero-order chi connectivity index (χ0) is 19.3. The van der Waals surface area contributed by atoms with Gasteiger partial charge in [0, 0.05) is 18.8 Å². The number of rotatable bonds is 7. The summed E-state index contributed by atoms with van der Waals surface area (Å²) in [7, 11) is -3.30. The van der Waals surface area contributed by atoms with Crippen molar-refractivity contribution in [3.8, 4) is 0 Å².